The van der Waals surface area contributed by atoms with Gasteiger partial charge in [-0.15, -0.1) is 13.2 Å². The number of hydrogen-bond donors (Lipinski definition) is 1. The summed E-state index contributed by atoms with van der Waals surface area (Å²) in [6.45, 7) is 0. The SMILES string of the molecule is O=C(Nc1ccc(OC(F)(F)F)cc1)c1cccnc1SC(F)F. The quantitative estimate of drug-likeness (QED) is 0.625. The van der Waals surface area contributed by atoms with Gasteiger partial charge in [0.05, 0.1) is 5.56 Å². The molecular formula is C14H9F5N2O2S. The first kappa shape index (κ1) is 18.0. The van der Waals surface area contributed by atoms with E-state index in [-0.39, 0.29) is 28.0 Å². The second-order valence-corrected chi connectivity index (χ2v) is 5.24. The standard InChI is InChI=1S/C14H9F5N2O2S/c15-13(16)24-12-10(2-1-7-20-12)11(22)21-8-3-5-9(6-4-8)23-14(17,18)19/h1-7,13H,(H,21,22). The molecule has 0 aliphatic heterocycles. The van der Waals surface area contributed by atoms with Crippen LogP contribution < -0.4 is 10.1 Å². The summed E-state index contributed by atoms with van der Waals surface area (Å²) in [4.78, 5) is 15.8. The van der Waals surface area contributed by atoms with Crippen molar-refractivity contribution < 1.29 is 31.5 Å². The molecule has 0 saturated carbocycles. The van der Waals surface area contributed by atoms with Crippen LogP contribution in [0.1, 0.15) is 10.4 Å². The van der Waals surface area contributed by atoms with Crippen LogP contribution in [0.4, 0.5) is 27.6 Å². The van der Waals surface area contributed by atoms with Gasteiger partial charge in [-0.05, 0) is 48.2 Å². The first-order valence-electron chi connectivity index (χ1n) is 6.31. The smallest absolute Gasteiger partial charge is 0.406 e. The zero-order valence-corrected chi connectivity index (χ0v) is 12.5. The van der Waals surface area contributed by atoms with E-state index < -0.39 is 23.8 Å². The van der Waals surface area contributed by atoms with Crippen LogP contribution in [0, 0.1) is 0 Å². The molecule has 0 spiro atoms. The molecule has 0 radical (unpaired) electrons. The van der Waals surface area contributed by atoms with Gasteiger partial charge in [0.2, 0.25) is 0 Å². The van der Waals surface area contributed by atoms with E-state index in [1.807, 2.05) is 0 Å². The number of halogens is 5. The first-order chi connectivity index (χ1) is 11.2. The van der Waals surface area contributed by atoms with Gasteiger partial charge < -0.3 is 10.1 Å². The van der Waals surface area contributed by atoms with Crippen LogP contribution >= 0.6 is 11.8 Å². The van der Waals surface area contributed by atoms with Crippen molar-refractivity contribution >= 4 is 23.4 Å². The Morgan fingerprint density at radius 1 is 1.17 bits per heavy atom. The van der Waals surface area contributed by atoms with Gasteiger partial charge in [-0.25, -0.2) is 4.98 Å². The Balaban J connectivity index is 2.10. The van der Waals surface area contributed by atoms with Gasteiger partial charge >= 0.3 is 6.36 Å². The fourth-order valence-electron chi connectivity index (χ4n) is 1.68. The Morgan fingerprint density at radius 3 is 2.42 bits per heavy atom. The van der Waals surface area contributed by atoms with Gasteiger partial charge in [-0.2, -0.15) is 8.78 Å². The van der Waals surface area contributed by atoms with Crippen LogP contribution in [0.25, 0.3) is 0 Å². The topological polar surface area (TPSA) is 51.2 Å². The average molecular weight is 364 g/mol. The number of aromatic nitrogens is 1. The van der Waals surface area contributed by atoms with Crippen molar-refractivity contribution in [2.75, 3.05) is 5.32 Å². The number of pyridine rings is 1. The molecule has 10 heteroatoms. The normalized spacial score (nSPS) is 11.4. The van der Waals surface area contributed by atoms with Crippen LogP contribution in [0.15, 0.2) is 47.6 Å². The molecule has 0 atom stereocenters. The number of thioether (sulfide) groups is 1. The van der Waals surface area contributed by atoms with Crippen molar-refractivity contribution in [3.05, 3.63) is 48.2 Å². The number of nitrogens with zero attached hydrogens (tertiary/aromatic N) is 1. The minimum Gasteiger partial charge on any atom is -0.406 e. The molecule has 0 aliphatic carbocycles. The zero-order valence-electron chi connectivity index (χ0n) is 11.7. The zero-order chi connectivity index (χ0) is 17.7. The maximum Gasteiger partial charge on any atom is 0.573 e. The number of amides is 1. The third-order valence-electron chi connectivity index (χ3n) is 2.56. The lowest BCUT2D eigenvalue weighted by Crippen LogP contribution is -2.17. The second kappa shape index (κ2) is 7.47. The first-order valence-corrected chi connectivity index (χ1v) is 7.19. The highest BCUT2D eigenvalue weighted by Crippen LogP contribution is 2.27. The molecule has 1 N–H and O–H groups in total. The summed E-state index contributed by atoms with van der Waals surface area (Å²) >= 11 is 0.122. The Labute approximate surface area is 137 Å². The summed E-state index contributed by atoms with van der Waals surface area (Å²) in [5.74, 6) is -3.91. The summed E-state index contributed by atoms with van der Waals surface area (Å²) in [7, 11) is 0. The summed E-state index contributed by atoms with van der Waals surface area (Å²) in [6, 6.07) is 7.13. The van der Waals surface area contributed by atoms with Crippen molar-refractivity contribution in [1.29, 1.82) is 0 Å². The van der Waals surface area contributed by atoms with Crippen LogP contribution in [-0.4, -0.2) is 23.0 Å². The van der Waals surface area contributed by atoms with Crippen molar-refractivity contribution in [2.24, 2.45) is 0 Å². The third kappa shape index (κ3) is 5.37. The number of carbonyl (C=O) groups excluding carboxylic acids is 1. The van der Waals surface area contributed by atoms with Crippen LogP contribution in [0.3, 0.4) is 0 Å². The van der Waals surface area contributed by atoms with E-state index in [1.54, 1.807) is 0 Å². The summed E-state index contributed by atoms with van der Waals surface area (Å²) in [6.07, 6.45) is -3.55. The van der Waals surface area contributed by atoms with Gasteiger partial charge in [0.25, 0.3) is 11.7 Å². The van der Waals surface area contributed by atoms with E-state index in [0.717, 1.165) is 12.1 Å². The maximum absolute atomic E-state index is 12.5. The maximum atomic E-state index is 12.5. The predicted octanol–water partition coefficient (Wildman–Crippen LogP) is 4.55. The number of hydrogen-bond acceptors (Lipinski definition) is 4. The van der Waals surface area contributed by atoms with Crippen molar-refractivity contribution in [2.45, 2.75) is 17.1 Å². The number of rotatable bonds is 5. The highest BCUT2D eigenvalue weighted by Gasteiger charge is 2.31. The Bertz CT molecular complexity index is 707. The lowest BCUT2D eigenvalue weighted by Gasteiger charge is -2.11. The van der Waals surface area contributed by atoms with Gasteiger partial charge in [0.15, 0.2) is 0 Å². The molecule has 1 heterocycles. The number of benzene rings is 1. The molecule has 1 aromatic carbocycles. The Kier molecular flexibility index (Phi) is 5.60. The second-order valence-electron chi connectivity index (χ2n) is 4.26. The Hall–Kier alpha value is -2.36. The van der Waals surface area contributed by atoms with Crippen molar-refractivity contribution in [3.8, 4) is 5.75 Å². The van der Waals surface area contributed by atoms with Gasteiger partial charge in [-0.1, -0.05) is 0 Å². The van der Waals surface area contributed by atoms with Crippen LogP contribution in [-0.2, 0) is 0 Å². The third-order valence-corrected chi connectivity index (χ3v) is 3.29. The Morgan fingerprint density at radius 2 is 1.83 bits per heavy atom. The molecule has 1 aromatic heterocycles. The molecule has 2 rings (SSSR count). The number of nitrogens with one attached hydrogen (secondary N) is 1. The van der Waals surface area contributed by atoms with Gasteiger partial charge in [-0.3, -0.25) is 4.79 Å². The largest absolute Gasteiger partial charge is 0.573 e. The highest BCUT2D eigenvalue weighted by molar-refractivity contribution is 7.99. The van der Waals surface area contributed by atoms with E-state index in [2.05, 4.69) is 15.0 Å². The molecular weight excluding hydrogens is 355 g/mol. The molecule has 24 heavy (non-hydrogen) atoms. The van der Waals surface area contributed by atoms with E-state index in [9.17, 15) is 26.7 Å². The summed E-state index contributed by atoms with van der Waals surface area (Å²) < 4.78 is 64.8. The molecule has 0 unspecified atom stereocenters. The van der Waals surface area contributed by atoms with E-state index >= 15 is 0 Å². The minimum absolute atomic E-state index is 0.0709. The van der Waals surface area contributed by atoms with E-state index in [4.69, 9.17) is 0 Å². The van der Waals surface area contributed by atoms with Crippen LogP contribution in [0.5, 0.6) is 5.75 Å². The van der Waals surface area contributed by atoms with E-state index in [0.29, 0.717) is 0 Å². The molecule has 2 aromatic rings. The number of ether oxygens (including phenoxy) is 1. The van der Waals surface area contributed by atoms with Crippen molar-refractivity contribution in [1.82, 2.24) is 4.98 Å². The summed E-state index contributed by atoms with van der Waals surface area (Å²) in [5.41, 5.74) is 0.102. The lowest BCUT2D eigenvalue weighted by atomic mass is 10.2. The highest BCUT2D eigenvalue weighted by atomic mass is 32.2. The molecule has 0 fully saturated rings. The molecule has 128 valence electrons. The lowest BCUT2D eigenvalue weighted by molar-refractivity contribution is -0.274. The number of anilines is 1. The van der Waals surface area contributed by atoms with E-state index in [1.165, 1.54) is 30.5 Å². The number of carbonyl (C=O) groups is 1. The molecule has 1 amide bonds. The van der Waals surface area contributed by atoms with Gasteiger partial charge in [0.1, 0.15) is 10.8 Å². The van der Waals surface area contributed by atoms with Crippen LogP contribution in [0.2, 0.25) is 0 Å². The molecule has 0 saturated heterocycles. The van der Waals surface area contributed by atoms with Gasteiger partial charge in [0, 0.05) is 11.9 Å². The summed E-state index contributed by atoms with van der Waals surface area (Å²) in [5, 5.41) is 2.24. The van der Waals surface area contributed by atoms with Crippen molar-refractivity contribution in [3.63, 3.8) is 0 Å². The fraction of sp³-hybridized carbons (Fsp3) is 0.143. The monoisotopic (exact) mass is 364 g/mol. The fourth-order valence-corrected chi connectivity index (χ4v) is 2.26. The number of alkyl halides is 5. The molecule has 4 nitrogen and oxygen atoms in total. The average Bonchev–Trinajstić information content (AvgIpc) is 2.47. The molecule has 0 bridgehead atoms. The predicted molar refractivity (Wildman–Crippen MR) is 77.2 cm³/mol. The minimum atomic E-state index is -4.82. The molecule has 0 aliphatic rings.